The summed E-state index contributed by atoms with van der Waals surface area (Å²) in [6, 6.07) is 79.4. The highest BCUT2D eigenvalue weighted by atomic mass is 15.0. The number of benzene rings is 9. The number of hydrogen-bond acceptors (Lipinski definition) is 3. The van der Waals surface area contributed by atoms with E-state index in [1.807, 2.05) is 60.7 Å². The minimum Gasteiger partial charge on any atom is -0.309 e. The summed E-state index contributed by atoms with van der Waals surface area (Å²) in [4.78, 5) is 14.8. The van der Waals surface area contributed by atoms with E-state index in [9.17, 15) is 0 Å². The Hall–Kier alpha value is -8.41. The Morgan fingerprint density at radius 1 is 0.226 bits per heavy atom. The molecule has 0 radical (unpaired) electrons. The lowest BCUT2D eigenvalue weighted by Crippen LogP contribution is -2.00. The standard InChI is InChI=1S/C57H37N5/c1-4-14-40(15-5-1)55-58-56(41-16-6-2-7-17-41)60-57(59-55)42-28-32-46(33-29-42)62-52-23-13-11-21-48(52)50-37-44(31-35-54(50)62)39-26-24-38(25-27-39)43-30-34-53-49(36-43)47-20-10-12-22-51(47)61(53)45-18-8-3-9-19-45/h1-37H. The monoisotopic (exact) mass is 791 g/mol. The average Bonchev–Trinajstić information content (AvgIpc) is 3.87. The number of nitrogens with zero attached hydrogens (tertiary/aromatic N) is 5. The molecular formula is C57H37N5. The van der Waals surface area contributed by atoms with Gasteiger partial charge in [0.2, 0.25) is 0 Å². The van der Waals surface area contributed by atoms with Crippen molar-refractivity contribution in [1.82, 2.24) is 24.1 Å². The van der Waals surface area contributed by atoms with E-state index < -0.39 is 0 Å². The minimum atomic E-state index is 0.637. The summed E-state index contributed by atoms with van der Waals surface area (Å²) in [5.74, 6) is 1.94. The molecule has 0 saturated carbocycles. The van der Waals surface area contributed by atoms with Crippen LogP contribution in [0.5, 0.6) is 0 Å². The minimum absolute atomic E-state index is 0.637. The second kappa shape index (κ2) is 14.7. The van der Waals surface area contributed by atoms with Gasteiger partial charge in [-0.25, -0.2) is 15.0 Å². The van der Waals surface area contributed by atoms with Crippen molar-refractivity contribution in [3.05, 3.63) is 224 Å². The first-order valence-electron chi connectivity index (χ1n) is 20.9. The largest absolute Gasteiger partial charge is 0.309 e. The first kappa shape index (κ1) is 35.5. The van der Waals surface area contributed by atoms with Gasteiger partial charge in [-0.15, -0.1) is 0 Å². The second-order valence-electron chi connectivity index (χ2n) is 15.7. The van der Waals surface area contributed by atoms with Crippen LogP contribution < -0.4 is 0 Å². The fraction of sp³-hybridized carbons (Fsp3) is 0. The molecule has 0 aliphatic heterocycles. The molecule has 0 atom stereocenters. The number of hydrogen-bond donors (Lipinski definition) is 0. The quantitative estimate of drug-likeness (QED) is 0.162. The summed E-state index contributed by atoms with van der Waals surface area (Å²) in [5.41, 5.74) is 14.6. The predicted molar refractivity (Wildman–Crippen MR) is 256 cm³/mol. The summed E-state index contributed by atoms with van der Waals surface area (Å²) in [6.07, 6.45) is 0. The number of fused-ring (bicyclic) bond motifs is 6. The molecule has 5 heteroatoms. The van der Waals surface area contributed by atoms with Gasteiger partial charge in [0.1, 0.15) is 0 Å². The van der Waals surface area contributed by atoms with E-state index in [2.05, 4.69) is 173 Å². The zero-order valence-electron chi connectivity index (χ0n) is 33.6. The summed E-state index contributed by atoms with van der Waals surface area (Å²) >= 11 is 0. The molecule has 0 N–H and O–H groups in total. The highest BCUT2D eigenvalue weighted by Gasteiger charge is 2.17. The van der Waals surface area contributed by atoms with E-state index in [4.69, 9.17) is 15.0 Å². The van der Waals surface area contributed by atoms with Crippen LogP contribution in [0.25, 0.3) is 111 Å². The van der Waals surface area contributed by atoms with Crippen molar-refractivity contribution < 1.29 is 0 Å². The molecule has 0 spiro atoms. The molecule has 0 saturated heterocycles. The predicted octanol–water partition coefficient (Wildman–Crippen LogP) is 14.4. The van der Waals surface area contributed by atoms with Gasteiger partial charge in [0, 0.05) is 49.6 Å². The summed E-state index contributed by atoms with van der Waals surface area (Å²) in [5, 5.41) is 4.93. The van der Waals surface area contributed by atoms with Gasteiger partial charge in [-0.05, 0) is 95.1 Å². The van der Waals surface area contributed by atoms with Crippen LogP contribution in [0, 0.1) is 0 Å². The second-order valence-corrected chi connectivity index (χ2v) is 15.7. The Labute approximate surface area is 358 Å². The zero-order chi connectivity index (χ0) is 41.0. The van der Waals surface area contributed by atoms with E-state index in [0.29, 0.717) is 17.5 Å². The maximum atomic E-state index is 4.96. The van der Waals surface area contributed by atoms with Crippen molar-refractivity contribution >= 4 is 43.6 Å². The Balaban J connectivity index is 0.886. The molecule has 3 aromatic heterocycles. The summed E-state index contributed by atoms with van der Waals surface area (Å²) in [7, 11) is 0. The molecule has 0 bridgehead atoms. The SMILES string of the molecule is c1ccc(-c2nc(-c3ccccc3)nc(-c3ccc(-n4c5ccccc5c5cc(-c6ccc(-c7ccc8c(c7)c7ccccc7n8-c7ccccc7)cc6)ccc54)cc3)n2)cc1. The molecular weight excluding hydrogens is 755 g/mol. The molecule has 290 valence electrons. The van der Waals surface area contributed by atoms with Crippen LogP contribution in [0.1, 0.15) is 0 Å². The van der Waals surface area contributed by atoms with Gasteiger partial charge in [0.25, 0.3) is 0 Å². The van der Waals surface area contributed by atoms with E-state index in [1.54, 1.807) is 0 Å². The van der Waals surface area contributed by atoms with Crippen molar-refractivity contribution in [3.8, 4) is 67.8 Å². The van der Waals surface area contributed by atoms with Gasteiger partial charge >= 0.3 is 0 Å². The maximum absolute atomic E-state index is 4.96. The molecule has 9 aromatic carbocycles. The van der Waals surface area contributed by atoms with E-state index >= 15 is 0 Å². The van der Waals surface area contributed by atoms with Gasteiger partial charge in [-0.2, -0.15) is 0 Å². The highest BCUT2D eigenvalue weighted by molar-refractivity contribution is 6.11. The molecule has 0 unspecified atom stereocenters. The van der Waals surface area contributed by atoms with Crippen molar-refractivity contribution in [2.75, 3.05) is 0 Å². The van der Waals surface area contributed by atoms with E-state index in [-0.39, 0.29) is 0 Å². The van der Waals surface area contributed by atoms with Gasteiger partial charge in [0.05, 0.1) is 22.1 Å². The zero-order valence-corrected chi connectivity index (χ0v) is 33.6. The first-order valence-corrected chi connectivity index (χ1v) is 20.9. The first-order chi connectivity index (χ1) is 30.7. The smallest absolute Gasteiger partial charge is 0.164 e. The number of para-hydroxylation sites is 3. The average molecular weight is 792 g/mol. The lowest BCUT2D eigenvalue weighted by molar-refractivity contribution is 1.07. The lowest BCUT2D eigenvalue weighted by atomic mass is 9.98. The van der Waals surface area contributed by atoms with Crippen LogP contribution >= 0.6 is 0 Å². The van der Waals surface area contributed by atoms with E-state index in [0.717, 1.165) is 33.4 Å². The van der Waals surface area contributed by atoms with Crippen LogP contribution in [0.4, 0.5) is 0 Å². The molecule has 3 heterocycles. The fourth-order valence-electron chi connectivity index (χ4n) is 8.99. The molecule has 5 nitrogen and oxygen atoms in total. The molecule has 62 heavy (non-hydrogen) atoms. The maximum Gasteiger partial charge on any atom is 0.164 e. The van der Waals surface area contributed by atoms with Crippen LogP contribution in [0.2, 0.25) is 0 Å². The summed E-state index contributed by atoms with van der Waals surface area (Å²) in [6.45, 7) is 0. The van der Waals surface area contributed by atoms with Crippen LogP contribution in [-0.4, -0.2) is 24.1 Å². The van der Waals surface area contributed by atoms with Crippen molar-refractivity contribution in [2.45, 2.75) is 0 Å². The van der Waals surface area contributed by atoms with Crippen molar-refractivity contribution in [3.63, 3.8) is 0 Å². The third-order valence-corrected chi connectivity index (χ3v) is 12.0. The van der Waals surface area contributed by atoms with Gasteiger partial charge in [-0.3, -0.25) is 0 Å². The highest BCUT2D eigenvalue weighted by Crippen LogP contribution is 2.38. The number of aromatic nitrogens is 5. The van der Waals surface area contributed by atoms with Crippen LogP contribution in [0.15, 0.2) is 224 Å². The van der Waals surface area contributed by atoms with Gasteiger partial charge in [-0.1, -0.05) is 152 Å². The van der Waals surface area contributed by atoms with Crippen LogP contribution in [0.3, 0.4) is 0 Å². The lowest BCUT2D eigenvalue weighted by Gasteiger charge is -2.11. The van der Waals surface area contributed by atoms with Gasteiger partial charge in [0.15, 0.2) is 17.5 Å². The van der Waals surface area contributed by atoms with E-state index in [1.165, 1.54) is 60.5 Å². The molecule has 12 aromatic rings. The Morgan fingerprint density at radius 2 is 0.548 bits per heavy atom. The van der Waals surface area contributed by atoms with Crippen molar-refractivity contribution in [1.29, 1.82) is 0 Å². The normalized spacial score (nSPS) is 11.5. The van der Waals surface area contributed by atoms with Crippen LogP contribution in [-0.2, 0) is 0 Å². The molecule has 12 rings (SSSR count). The molecule has 0 aliphatic rings. The molecule has 0 aliphatic carbocycles. The third-order valence-electron chi connectivity index (χ3n) is 12.0. The summed E-state index contributed by atoms with van der Waals surface area (Å²) < 4.78 is 4.71. The Bertz CT molecular complexity index is 3530. The third kappa shape index (κ3) is 6.06. The molecule has 0 amide bonds. The number of rotatable bonds is 7. The Kier molecular flexibility index (Phi) is 8.42. The Morgan fingerprint density at radius 3 is 1.00 bits per heavy atom. The fourth-order valence-corrected chi connectivity index (χ4v) is 8.99. The molecule has 0 fully saturated rings. The van der Waals surface area contributed by atoms with Crippen molar-refractivity contribution in [2.24, 2.45) is 0 Å². The van der Waals surface area contributed by atoms with Gasteiger partial charge < -0.3 is 9.13 Å². The topological polar surface area (TPSA) is 48.5 Å².